The van der Waals surface area contributed by atoms with Gasteiger partial charge in [0, 0.05) is 32.2 Å². The maximum Gasteiger partial charge on any atom is 0.0599 e. The molecule has 5 rings (SSSR count). The van der Waals surface area contributed by atoms with E-state index < -0.39 is 0 Å². The van der Waals surface area contributed by atoms with Crippen LogP contribution in [0.1, 0.15) is 32.1 Å². The van der Waals surface area contributed by atoms with E-state index in [-0.39, 0.29) is 0 Å². The fraction of sp³-hybridized carbons (Fsp3) is 1.00. The normalized spacial score (nSPS) is 49.7. The quantitative estimate of drug-likeness (QED) is 0.807. The molecule has 0 amide bonds. The number of aliphatic hydroxyl groups excluding tert-OH is 1. The van der Waals surface area contributed by atoms with E-state index in [4.69, 9.17) is 0 Å². The third kappa shape index (κ3) is 2.24. The molecule has 1 aliphatic heterocycles. The van der Waals surface area contributed by atoms with Crippen molar-refractivity contribution in [3.63, 3.8) is 0 Å². The van der Waals surface area contributed by atoms with Gasteiger partial charge in [-0.1, -0.05) is 0 Å². The lowest BCUT2D eigenvalue weighted by Gasteiger charge is -2.56. The second kappa shape index (κ2) is 5.01. The average Bonchev–Trinajstić information content (AvgIpc) is 2.42. The Morgan fingerprint density at radius 1 is 1.00 bits per heavy atom. The molecule has 1 atom stereocenters. The van der Waals surface area contributed by atoms with Gasteiger partial charge in [-0.05, 0) is 61.7 Å². The van der Waals surface area contributed by atoms with Crippen molar-refractivity contribution in [1.82, 2.24) is 10.2 Å². The van der Waals surface area contributed by atoms with Gasteiger partial charge in [0.05, 0.1) is 6.61 Å². The Morgan fingerprint density at radius 2 is 1.68 bits per heavy atom. The van der Waals surface area contributed by atoms with Crippen molar-refractivity contribution in [3.8, 4) is 0 Å². The summed E-state index contributed by atoms with van der Waals surface area (Å²) in [6.07, 6.45) is 7.63. The monoisotopic (exact) mass is 264 g/mol. The van der Waals surface area contributed by atoms with Crippen molar-refractivity contribution in [2.24, 2.45) is 29.6 Å². The van der Waals surface area contributed by atoms with Crippen LogP contribution in [0.3, 0.4) is 0 Å². The summed E-state index contributed by atoms with van der Waals surface area (Å²) in [6.45, 7) is 4.80. The molecule has 4 saturated carbocycles. The zero-order chi connectivity index (χ0) is 12.8. The molecule has 0 spiro atoms. The Kier molecular flexibility index (Phi) is 3.33. The summed E-state index contributed by atoms with van der Waals surface area (Å²) in [5.41, 5.74) is 0. The van der Waals surface area contributed by atoms with Crippen molar-refractivity contribution in [1.29, 1.82) is 0 Å². The Hall–Kier alpha value is -0.120. The predicted molar refractivity (Wildman–Crippen MR) is 75.9 cm³/mol. The summed E-state index contributed by atoms with van der Waals surface area (Å²) >= 11 is 0. The molecule has 1 saturated heterocycles. The maximum atomic E-state index is 9.56. The molecule has 4 aliphatic carbocycles. The molecule has 0 aromatic rings. The van der Waals surface area contributed by atoms with Crippen molar-refractivity contribution < 1.29 is 5.11 Å². The summed E-state index contributed by atoms with van der Waals surface area (Å²) in [5.74, 6) is 5.14. The molecule has 5 fully saturated rings. The smallest absolute Gasteiger partial charge is 0.0599 e. The minimum atomic E-state index is 0.320. The average molecular weight is 264 g/mol. The van der Waals surface area contributed by atoms with Crippen molar-refractivity contribution in [3.05, 3.63) is 0 Å². The van der Waals surface area contributed by atoms with Gasteiger partial charge in [0.2, 0.25) is 0 Å². The molecule has 2 N–H and O–H groups in total. The van der Waals surface area contributed by atoms with Crippen molar-refractivity contribution in [2.45, 2.75) is 38.1 Å². The Labute approximate surface area is 116 Å². The van der Waals surface area contributed by atoms with Gasteiger partial charge in [-0.3, -0.25) is 4.90 Å². The van der Waals surface area contributed by atoms with Gasteiger partial charge in [-0.15, -0.1) is 0 Å². The number of nitrogens with one attached hydrogen (secondary N) is 1. The van der Waals surface area contributed by atoms with Crippen molar-refractivity contribution in [2.75, 3.05) is 32.8 Å². The van der Waals surface area contributed by atoms with Crippen LogP contribution in [0.4, 0.5) is 0 Å². The Bertz CT molecular complexity index is 305. The highest BCUT2D eigenvalue weighted by molar-refractivity contribution is 4.99. The standard InChI is InChI=1S/C16H28N2O/c19-10-15-8-17-1-2-18(15)9-16-13-4-11-3-12(6-13)7-14(16)5-11/h11-17,19H,1-10H2. The first-order valence-electron chi connectivity index (χ1n) is 8.39. The maximum absolute atomic E-state index is 9.56. The van der Waals surface area contributed by atoms with Crippen molar-refractivity contribution >= 4 is 0 Å². The van der Waals surface area contributed by atoms with Crippen LogP contribution in [0.25, 0.3) is 0 Å². The molecule has 5 aliphatic rings. The third-order valence-electron chi connectivity index (χ3n) is 6.55. The molecule has 0 radical (unpaired) electrons. The molecular weight excluding hydrogens is 236 g/mol. The van der Waals surface area contributed by atoms with E-state index in [1.165, 1.54) is 32.2 Å². The van der Waals surface area contributed by atoms with Gasteiger partial charge in [0.25, 0.3) is 0 Å². The van der Waals surface area contributed by atoms with Crippen LogP contribution in [-0.2, 0) is 0 Å². The first kappa shape index (κ1) is 12.6. The second-order valence-electron chi connectivity index (χ2n) is 7.63. The van der Waals surface area contributed by atoms with Crippen LogP contribution >= 0.6 is 0 Å². The van der Waals surface area contributed by atoms with E-state index in [0.29, 0.717) is 12.6 Å². The van der Waals surface area contributed by atoms with E-state index in [1.54, 1.807) is 6.42 Å². The van der Waals surface area contributed by atoms with Gasteiger partial charge in [0.15, 0.2) is 0 Å². The van der Waals surface area contributed by atoms with Crippen LogP contribution < -0.4 is 5.32 Å². The predicted octanol–water partition coefficient (Wildman–Crippen LogP) is 1.32. The minimum absolute atomic E-state index is 0.320. The first-order chi connectivity index (χ1) is 9.33. The van der Waals surface area contributed by atoms with Gasteiger partial charge >= 0.3 is 0 Å². The number of hydrogen-bond donors (Lipinski definition) is 2. The minimum Gasteiger partial charge on any atom is -0.395 e. The van der Waals surface area contributed by atoms with Gasteiger partial charge in [0.1, 0.15) is 0 Å². The summed E-state index contributed by atoms with van der Waals surface area (Å²) in [4.78, 5) is 2.59. The summed E-state index contributed by atoms with van der Waals surface area (Å²) in [7, 11) is 0. The SMILES string of the molecule is OCC1CNCCN1CC1C2CC3CC(C2)CC1C3. The van der Waals surface area contributed by atoms with Crippen LogP contribution in [0.5, 0.6) is 0 Å². The fourth-order valence-electron chi connectivity index (χ4n) is 5.83. The third-order valence-corrected chi connectivity index (χ3v) is 6.55. The lowest BCUT2D eigenvalue weighted by molar-refractivity contribution is -0.0581. The molecule has 1 unspecified atom stereocenters. The second-order valence-corrected chi connectivity index (χ2v) is 7.63. The van der Waals surface area contributed by atoms with Crippen LogP contribution in [0, 0.1) is 29.6 Å². The summed E-state index contributed by atoms with van der Waals surface area (Å²) in [6, 6.07) is 0.367. The molecule has 3 heteroatoms. The van der Waals surface area contributed by atoms with Gasteiger partial charge < -0.3 is 10.4 Å². The number of rotatable bonds is 3. The molecule has 108 valence electrons. The highest BCUT2D eigenvalue weighted by Crippen LogP contribution is 2.56. The van der Waals surface area contributed by atoms with Crippen LogP contribution in [0.15, 0.2) is 0 Å². The Balaban J connectivity index is 1.44. The highest BCUT2D eigenvalue weighted by atomic mass is 16.3. The summed E-state index contributed by atoms with van der Waals surface area (Å²) in [5, 5.41) is 13.0. The highest BCUT2D eigenvalue weighted by Gasteiger charge is 2.48. The van der Waals surface area contributed by atoms with Gasteiger partial charge in [-0.2, -0.15) is 0 Å². The van der Waals surface area contributed by atoms with Crippen LogP contribution in [-0.4, -0.2) is 48.8 Å². The Morgan fingerprint density at radius 3 is 2.32 bits per heavy atom. The largest absolute Gasteiger partial charge is 0.395 e. The van der Waals surface area contributed by atoms with E-state index in [1.807, 2.05) is 0 Å². The summed E-state index contributed by atoms with van der Waals surface area (Å²) < 4.78 is 0. The zero-order valence-electron chi connectivity index (χ0n) is 11.9. The number of hydrogen-bond acceptors (Lipinski definition) is 3. The van der Waals surface area contributed by atoms with E-state index in [0.717, 1.165) is 49.2 Å². The van der Waals surface area contributed by atoms with E-state index in [2.05, 4.69) is 10.2 Å². The topological polar surface area (TPSA) is 35.5 Å². The van der Waals surface area contributed by atoms with Gasteiger partial charge in [-0.25, -0.2) is 0 Å². The fourth-order valence-corrected chi connectivity index (χ4v) is 5.83. The van der Waals surface area contributed by atoms with Crippen LogP contribution in [0.2, 0.25) is 0 Å². The lowest BCUT2D eigenvalue weighted by atomic mass is 9.52. The van der Waals surface area contributed by atoms with E-state index in [9.17, 15) is 5.11 Å². The molecule has 0 aromatic carbocycles. The molecule has 0 aromatic heterocycles. The van der Waals surface area contributed by atoms with E-state index >= 15 is 0 Å². The number of piperazine rings is 1. The number of nitrogens with zero attached hydrogens (tertiary/aromatic N) is 1. The zero-order valence-corrected chi connectivity index (χ0v) is 11.9. The molecule has 3 nitrogen and oxygen atoms in total. The molecular formula is C16H28N2O. The molecule has 19 heavy (non-hydrogen) atoms. The number of aliphatic hydroxyl groups is 1. The molecule has 4 bridgehead atoms. The molecule has 1 heterocycles. The lowest BCUT2D eigenvalue weighted by Crippen LogP contribution is -2.57. The first-order valence-corrected chi connectivity index (χ1v) is 8.39.